The molecule has 0 saturated heterocycles. The van der Waals surface area contributed by atoms with Gasteiger partial charge in [0.15, 0.2) is 0 Å². The molecule has 6 heteroatoms. The second-order valence-corrected chi connectivity index (χ2v) is 2.33. The van der Waals surface area contributed by atoms with Crippen LogP contribution in [-0.2, 0) is 7.67 Å². The Kier molecular flexibility index (Phi) is 4.98. The Labute approximate surface area is 55.2 Å². The minimum atomic E-state index is -5.25. The van der Waals surface area contributed by atoms with Gasteiger partial charge in [0.1, 0.15) is 0 Å². The maximum atomic E-state index is 8.82. The van der Waals surface area contributed by atoms with Crippen LogP contribution in [0.2, 0.25) is 0 Å². The molecule has 0 aromatic carbocycles. The van der Waals surface area contributed by atoms with Crippen LogP contribution in [0.1, 0.15) is 0 Å². The van der Waals surface area contributed by atoms with E-state index in [1.54, 1.807) is 0 Å². The quantitative estimate of drug-likeness (QED) is 0.459. The predicted octanol–water partition coefficient (Wildman–Crippen LogP) is -2.92. The SMILES string of the molecule is O=[Se](=O)(O)O.[InH3]. The van der Waals surface area contributed by atoms with Crippen LogP contribution in [0.5, 0.6) is 0 Å². The van der Waals surface area contributed by atoms with Gasteiger partial charge in [0, 0.05) is 0 Å². The Morgan fingerprint density at radius 3 is 1.17 bits per heavy atom. The van der Waals surface area contributed by atoms with Crippen molar-refractivity contribution < 1.29 is 16.0 Å². The molecule has 0 amide bonds. The first-order valence-corrected chi connectivity index (χ1v) is 3.63. The van der Waals surface area contributed by atoms with Crippen molar-refractivity contribution in [1.29, 1.82) is 0 Å². The molecule has 6 heavy (non-hydrogen) atoms. The van der Waals surface area contributed by atoms with Crippen LogP contribution < -0.4 is 0 Å². The monoisotopic (exact) mass is 264 g/mol. The van der Waals surface area contributed by atoms with Crippen molar-refractivity contribution in [1.82, 2.24) is 0 Å². The number of hydrogen-bond donors (Lipinski definition) is 2. The molecular formula is H5InO4Se. The van der Waals surface area contributed by atoms with Gasteiger partial charge in [-0.25, -0.2) is 0 Å². The molecule has 0 aliphatic rings. The van der Waals surface area contributed by atoms with Gasteiger partial charge in [-0.2, -0.15) is 0 Å². The molecule has 0 aromatic rings. The van der Waals surface area contributed by atoms with Crippen molar-refractivity contribution in [3.8, 4) is 0 Å². The van der Waals surface area contributed by atoms with E-state index in [2.05, 4.69) is 0 Å². The first-order valence-electron chi connectivity index (χ1n) is 0.698. The molecule has 0 rings (SSSR count). The van der Waals surface area contributed by atoms with Gasteiger partial charge in [-0.15, -0.1) is 0 Å². The van der Waals surface area contributed by atoms with E-state index in [0.29, 0.717) is 0 Å². The fraction of sp³-hybridized carbons (Fsp3) is 0. The van der Waals surface area contributed by atoms with Gasteiger partial charge in [-0.3, -0.25) is 0 Å². The molecule has 4 nitrogen and oxygen atoms in total. The molecule has 0 saturated carbocycles. The van der Waals surface area contributed by atoms with Gasteiger partial charge in [0.25, 0.3) is 0 Å². The zero-order valence-corrected chi connectivity index (χ0v) is 3.83. The van der Waals surface area contributed by atoms with Crippen molar-refractivity contribution in [2.24, 2.45) is 0 Å². The van der Waals surface area contributed by atoms with Crippen LogP contribution in [0.4, 0.5) is 0 Å². The predicted molar refractivity (Wildman–Crippen MR) is 21.5 cm³/mol. The van der Waals surface area contributed by atoms with Gasteiger partial charge in [-0.05, 0) is 0 Å². The second kappa shape index (κ2) is 2.98. The van der Waals surface area contributed by atoms with Crippen LogP contribution in [-0.4, -0.2) is 47.6 Å². The standard InChI is InChI=1S/In.H2O4Se.3H/c;1-5(2,3)4;;;/h;(H2,1,2,3,4);;;. The average molecular weight is 263 g/mol. The zero-order chi connectivity index (χ0) is 4.50. The summed E-state index contributed by atoms with van der Waals surface area (Å²) in [6.07, 6.45) is 0. The van der Waals surface area contributed by atoms with Crippen molar-refractivity contribution in [2.45, 2.75) is 0 Å². The van der Waals surface area contributed by atoms with Crippen LogP contribution in [0.25, 0.3) is 0 Å². The van der Waals surface area contributed by atoms with Crippen molar-refractivity contribution in [3.63, 3.8) is 0 Å². The zero-order valence-electron chi connectivity index (χ0n) is 2.12. The summed E-state index contributed by atoms with van der Waals surface area (Å²) in [6.45, 7) is 0. The molecule has 0 atom stereocenters. The van der Waals surface area contributed by atoms with Crippen LogP contribution in [0.3, 0.4) is 0 Å². The van der Waals surface area contributed by atoms with Crippen LogP contribution >= 0.6 is 0 Å². The van der Waals surface area contributed by atoms with Crippen LogP contribution in [0, 0.1) is 0 Å². The van der Waals surface area contributed by atoms with Gasteiger partial charge in [0.05, 0.1) is 0 Å². The Balaban J connectivity index is 0. The molecule has 38 valence electrons. The molecule has 0 unspecified atom stereocenters. The van der Waals surface area contributed by atoms with E-state index in [0.717, 1.165) is 0 Å². The summed E-state index contributed by atoms with van der Waals surface area (Å²) in [5.41, 5.74) is 0. The van der Waals surface area contributed by atoms with E-state index in [1.807, 2.05) is 0 Å². The van der Waals surface area contributed by atoms with Crippen LogP contribution in [0.15, 0.2) is 0 Å². The molecule has 0 heterocycles. The molecule has 0 aromatic heterocycles. The summed E-state index contributed by atoms with van der Waals surface area (Å²) >= 11 is -5.25. The Morgan fingerprint density at radius 2 is 1.17 bits per heavy atom. The van der Waals surface area contributed by atoms with E-state index in [9.17, 15) is 0 Å². The summed E-state index contributed by atoms with van der Waals surface area (Å²) in [7, 11) is 0. The molecule has 2 N–H and O–H groups in total. The topological polar surface area (TPSA) is 74.6 Å². The van der Waals surface area contributed by atoms with Gasteiger partial charge in [-0.1, -0.05) is 0 Å². The van der Waals surface area contributed by atoms with Crippen molar-refractivity contribution in [2.75, 3.05) is 0 Å². The third-order valence-corrected chi connectivity index (χ3v) is 0. The summed E-state index contributed by atoms with van der Waals surface area (Å²) < 4.78 is 31.9. The fourth-order valence-corrected chi connectivity index (χ4v) is 0. The summed E-state index contributed by atoms with van der Waals surface area (Å²) in [6, 6.07) is 0. The Hall–Kier alpha value is 0.910. The minimum absolute atomic E-state index is 0. The van der Waals surface area contributed by atoms with E-state index in [-0.39, 0.29) is 25.8 Å². The van der Waals surface area contributed by atoms with Crippen molar-refractivity contribution in [3.05, 3.63) is 0 Å². The molecular weight excluding hydrogens is 258 g/mol. The molecule has 0 bridgehead atoms. The fourth-order valence-electron chi connectivity index (χ4n) is 0. The second-order valence-electron chi connectivity index (χ2n) is 0.448. The molecule has 0 aliphatic carbocycles. The van der Waals surface area contributed by atoms with Crippen molar-refractivity contribution >= 4 is 39.2 Å². The summed E-state index contributed by atoms with van der Waals surface area (Å²) in [4.78, 5) is 0. The van der Waals surface area contributed by atoms with E-state index >= 15 is 0 Å². The molecule has 0 radical (unpaired) electrons. The maximum absolute atomic E-state index is 8.82. The first kappa shape index (κ1) is 10.0. The normalized spacial score (nSPS) is 9.67. The molecule has 0 aliphatic heterocycles. The van der Waals surface area contributed by atoms with E-state index < -0.39 is 13.4 Å². The van der Waals surface area contributed by atoms with Gasteiger partial charge < -0.3 is 0 Å². The van der Waals surface area contributed by atoms with Gasteiger partial charge >= 0.3 is 55.3 Å². The molecule has 0 spiro atoms. The Bertz CT molecular complexity index is 90.7. The first-order chi connectivity index (χ1) is 2.00. The Morgan fingerprint density at radius 1 is 1.17 bits per heavy atom. The van der Waals surface area contributed by atoms with E-state index in [1.165, 1.54) is 0 Å². The summed E-state index contributed by atoms with van der Waals surface area (Å²) in [5.74, 6) is 0. The third kappa shape index (κ3) is 90.7. The third-order valence-electron chi connectivity index (χ3n) is 0. The van der Waals surface area contributed by atoms with E-state index in [4.69, 9.17) is 16.0 Å². The average Bonchev–Trinajstić information content (AvgIpc) is 0.722. The molecule has 0 fully saturated rings. The number of hydrogen-bond acceptors (Lipinski definition) is 2. The van der Waals surface area contributed by atoms with Gasteiger partial charge in [0.2, 0.25) is 0 Å². The number of rotatable bonds is 0. The summed E-state index contributed by atoms with van der Waals surface area (Å²) in [5, 5.41) is 0.